The minimum Gasteiger partial charge on any atom is -0.288 e. The second kappa shape index (κ2) is 7.24. The van der Waals surface area contributed by atoms with Gasteiger partial charge < -0.3 is 0 Å². The highest BCUT2D eigenvalue weighted by atomic mass is 35.5. The number of hydrogen-bond donors (Lipinski definition) is 0. The lowest BCUT2D eigenvalue weighted by molar-refractivity contribution is 0.104. The van der Waals surface area contributed by atoms with Crippen LogP contribution in [0.15, 0.2) is 85.1 Å². The Balaban J connectivity index is 1.57. The molecule has 0 radical (unpaired) electrons. The maximum absolute atomic E-state index is 12.7. The summed E-state index contributed by atoms with van der Waals surface area (Å²) in [6.45, 7) is 0. The van der Waals surface area contributed by atoms with Crippen molar-refractivity contribution in [3.05, 3.63) is 101 Å². The average Bonchev–Trinajstić information content (AvgIpc) is 3.19. The van der Waals surface area contributed by atoms with Gasteiger partial charge in [0, 0.05) is 22.3 Å². The second-order valence-electron chi connectivity index (χ2n) is 5.81. The molecule has 4 rings (SSSR count). The number of thiazole rings is 1. The standard InChI is InChI=1S/C22H14ClNOS/c23-19-12-10-18(11-13-19)22-24-14-20(26-22)21(25)17-8-6-16(7-9-17)15-4-2-1-3-5-15/h1-14H. The van der Waals surface area contributed by atoms with Crippen LogP contribution in [0.2, 0.25) is 5.02 Å². The molecule has 4 heteroatoms. The monoisotopic (exact) mass is 375 g/mol. The number of rotatable bonds is 4. The van der Waals surface area contributed by atoms with Crippen molar-refractivity contribution in [2.45, 2.75) is 0 Å². The molecule has 0 bridgehead atoms. The van der Waals surface area contributed by atoms with E-state index in [-0.39, 0.29) is 5.78 Å². The number of carbonyl (C=O) groups is 1. The molecule has 1 heterocycles. The molecule has 0 saturated carbocycles. The van der Waals surface area contributed by atoms with Gasteiger partial charge in [-0.25, -0.2) is 4.98 Å². The van der Waals surface area contributed by atoms with Crippen LogP contribution >= 0.6 is 22.9 Å². The van der Waals surface area contributed by atoms with Crippen LogP contribution in [-0.2, 0) is 0 Å². The Hall–Kier alpha value is -2.75. The van der Waals surface area contributed by atoms with E-state index in [1.54, 1.807) is 6.20 Å². The molecule has 126 valence electrons. The molecule has 3 aromatic carbocycles. The van der Waals surface area contributed by atoms with E-state index in [2.05, 4.69) is 17.1 Å². The number of carbonyl (C=O) groups excluding carboxylic acids is 1. The number of nitrogens with zero attached hydrogens (tertiary/aromatic N) is 1. The van der Waals surface area contributed by atoms with Crippen molar-refractivity contribution in [2.75, 3.05) is 0 Å². The molecule has 0 saturated heterocycles. The smallest absolute Gasteiger partial charge is 0.204 e. The summed E-state index contributed by atoms with van der Waals surface area (Å²) in [6, 6.07) is 25.2. The van der Waals surface area contributed by atoms with Gasteiger partial charge >= 0.3 is 0 Å². The maximum Gasteiger partial charge on any atom is 0.204 e. The van der Waals surface area contributed by atoms with E-state index in [1.807, 2.05) is 66.7 Å². The minimum absolute atomic E-state index is 0.0117. The van der Waals surface area contributed by atoms with E-state index in [1.165, 1.54) is 11.3 Å². The Morgan fingerprint density at radius 1 is 0.769 bits per heavy atom. The summed E-state index contributed by atoms with van der Waals surface area (Å²) in [5, 5.41) is 1.49. The first-order valence-corrected chi connectivity index (χ1v) is 9.32. The molecule has 26 heavy (non-hydrogen) atoms. The van der Waals surface area contributed by atoms with Gasteiger partial charge in [0.1, 0.15) is 5.01 Å². The van der Waals surface area contributed by atoms with E-state index in [0.717, 1.165) is 21.7 Å². The maximum atomic E-state index is 12.7. The van der Waals surface area contributed by atoms with Gasteiger partial charge in [-0.05, 0) is 23.3 Å². The number of ketones is 1. The third kappa shape index (κ3) is 3.45. The molecular formula is C22H14ClNOS. The van der Waals surface area contributed by atoms with E-state index < -0.39 is 0 Å². The van der Waals surface area contributed by atoms with Crippen LogP contribution in [0, 0.1) is 0 Å². The molecule has 0 fully saturated rings. The largest absolute Gasteiger partial charge is 0.288 e. The molecule has 0 aliphatic heterocycles. The molecule has 2 nitrogen and oxygen atoms in total. The summed E-state index contributed by atoms with van der Waals surface area (Å²) in [5.41, 5.74) is 3.84. The van der Waals surface area contributed by atoms with E-state index in [9.17, 15) is 4.79 Å². The van der Waals surface area contributed by atoms with Crippen molar-refractivity contribution in [3.63, 3.8) is 0 Å². The van der Waals surface area contributed by atoms with E-state index >= 15 is 0 Å². The van der Waals surface area contributed by atoms with Gasteiger partial charge in [0.15, 0.2) is 0 Å². The normalized spacial score (nSPS) is 10.7. The third-order valence-corrected chi connectivity index (χ3v) is 5.37. The SMILES string of the molecule is O=C(c1ccc(-c2ccccc2)cc1)c1cnc(-c2ccc(Cl)cc2)s1. The summed E-state index contributed by atoms with van der Waals surface area (Å²) in [7, 11) is 0. The Kier molecular flexibility index (Phi) is 4.65. The van der Waals surface area contributed by atoms with Crippen LogP contribution in [0.3, 0.4) is 0 Å². The zero-order valence-corrected chi connectivity index (χ0v) is 15.3. The zero-order chi connectivity index (χ0) is 17.9. The summed E-state index contributed by atoms with van der Waals surface area (Å²) in [4.78, 5) is 17.8. The van der Waals surface area contributed by atoms with Crippen molar-refractivity contribution >= 4 is 28.7 Å². The lowest BCUT2D eigenvalue weighted by Gasteiger charge is -2.03. The topological polar surface area (TPSA) is 30.0 Å². The van der Waals surface area contributed by atoms with Gasteiger partial charge in [-0.3, -0.25) is 4.79 Å². The fraction of sp³-hybridized carbons (Fsp3) is 0. The lowest BCUT2D eigenvalue weighted by atomic mass is 10.0. The summed E-state index contributed by atoms with van der Waals surface area (Å²) < 4.78 is 0. The molecule has 0 unspecified atom stereocenters. The summed E-state index contributed by atoms with van der Waals surface area (Å²) in [5.74, 6) is -0.0117. The zero-order valence-electron chi connectivity index (χ0n) is 13.7. The molecule has 0 aliphatic carbocycles. The molecule has 0 atom stereocenters. The number of benzene rings is 3. The van der Waals surface area contributed by atoms with Crippen LogP contribution in [0.5, 0.6) is 0 Å². The van der Waals surface area contributed by atoms with Crippen molar-refractivity contribution in [2.24, 2.45) is 0 Å². The first kappa shape index (κ1) is 16.7. The van der Waals surface area contributed by atoms with Crippen molar-refractivity contribution in [1.82, 2.24) is 4.98 Å². The number of aromatic nitrogens is 1. The predicted molar refractivity (Wildman–Crippen MR) is 108 cm³/mol. The predicted octanol–water partition coefficient (Wildman–Crippen LogP) is 6.36. The Morgan fingerprint density at radius 2 is 1.38 bits per heavy atom. The summed E-state index contributed by atoms with van der Waals surface area (Å²) in [6.07, 6.45) is 1.64. The molecule has 1 aromatic heterocycles. The van der Waals surface area contributed by atoms with Gasteiger partial charge in [-0.15, -0.1) is 11.3 Å². The second-order valence-corrected chi connectivity index (χ2v) is 7.28. The molecule has 0 aliphatic rings. The van der Waals surface area contributed by atoms with Crippen LogP contribution in [0.4, 0.5) is 0 Å². The average molecular weight is 376 g/mol. The quantitative estimate of drug-likeness (QED) is 0.388. The highest BCUT2D eigenvalue weighted by Crippen LogP contribution is 2.28. The highest BCUT2D eigenvalue weighted by Gasteiger charge is 2.14. The van der Waals surface area contributed by atoms with Gasteiger partial charge in [0.05, 0.1) is 4.88 Å². The first-order valence-electron chi connectivity index (χ1n) is 8.13. The molecular weight excluding hydrogens is 362 g/mol. The molecule has 0 spiro atoms. The van der Waals surface area contributed by atoms with E-state index in [0.29, 0.717) is 15.5 Å². The van der Waals surface area contributed by atoms with Crippen molar-refractivity contribution < 1.29 is 4.79 Å². The Bertz CT molecular complexity index is 1040. The minimum atomic E-state index is -0.0117. The number of halogens is 1. The van der Waals surface area contributed by atoms with Gasteiger partial charge in [-0.1, -0.05) is 78.3 Å². The van der Waals surface area contributed by atoms with Gasteiger partial charge in [0.2, 0.25) is 5.78 Å². The van der Waals surface area contributed by atoms with Crippen molar-refractivity contribution in [1.29, 1.82) is 0 Å². The highest BCUT2D eigenvalue weighted by molar-refractivity contribution is 7.17. The fourth-order valence-corrected chi connectivity index (χ4v) is 3.70. The lowest BCUT2D eigenvalue weighted by Crippen LogP contribution is -1.98. The van der Waals surface area contributed by atoms with Crippen LogP contribution in [0.1, 0.15) is 15.2 Å². The van der Waals surface area contributed by atoms with Crippen LogP contribution < -0.4 is 0 Å². The first-order chi connectivity index (χ1) is 12.7. The molecule has 0 amide bonds. The fourth-order valence-electron chi connectivity index (χ4n) is 2.69. The van der Waals surface area contributed by atoms with Crippen LogP contribution in [0.25, 0.3) is 21.7 Å². The Morgan fingerprint density at radius 3 is 2.08 bits per heavy atom. The van der Waals surface area contributed by atoms with Gasteiger partial charge in [-0.2, -0.15) is 0 Å². The van der Waals surface area contributed by atoms with Crippen molar-refractivity contribution in [3.8, 4) is 21.7 Å². The third-order valence-electron chi connectivity index (χ3n) is 4.07. The number of hydrogen-bond acceptors (Lipinski definition) is 3. The summed E-state index contributed by atoms with van der Waals surface area (Å²) >= 11 is 7.31. The molecule has 4 aromatic rings. The Labute approximate surface area is 160 Å². The molecule has 0 N–H and O–H groups in total. The van der Waals surface area contributed by atoms with Crippen LogP contribution in [-0.4, -0.2) is 10.8 Å². The van der Waals surface area contributed by atoms with E-state index in [4.69, 9.17) is 11.6 Å². The van der Waals surface area contributed by atoms with Gasteiger partial charge in [0.25, 0.3) is 0 Å².